The van der Waals surface area contributed by atoms with Gasteiger partial charge in [0.25, 0.3) is 0 Å². The minimum Gasteiger partial charge on any atom is -0.508 e. The molecule has 2 atom stereocenters. The van der Waals surface area contributed by atoms with Crippen LogP contribution in [0.2, 0.25) is 0 Å². The molecule has 2 N–H and O–H groups in total. The van der Waals surface area contributed by atoms with Crippen molar-refractivity contribution in [3.05, 3.63) is 76.6 Å². The lowest BCUT2D eigenvalue weighted by molar-refractivity contribution is -0.142. The fourth-order valence-corrected chi connectivity index (χ4v) is 4.93. The van der Waals surface area contributed by atoms with Gasteiger partial charge in [-0.05, 0) is 80.2 Å². The Kier molecular flexibility index (Phi) is 13.0. The van der Waals surface area contributed by atoms with Crippen LogP contribution in [0.15, 0.2) is 59.9 Å². The molecule has 0 saturated carbocycles. The lowest BCUT2D eigenvalue weighted by Gasteiger charge is -2.24. The number of hydrogen-bond acceptors (Lipinski definition) is 10. The molecule has 10 heteroatoms. The molecular formula is C35H42O10. The number of allylic oxidation sites excluding steroid dienone is 2. The fourth-order valence-electron chi connectivity index (χ4n) is 4.93. The maximum Gasteiger partial charge on any atom is 0.310 e. The molecule has 2 saturated heterocycles. The number of methoxy groups -OCH3 is 1. The molecule has 0 aromatic heterocycles. The lowest BCUT2D eigenvalue weighted by atomic mass is 10.0. The number of carbonyl (C=O) groups is 2. The Hall–Kier alpha value is -4.12. The summed E-state index contributed by atoms with van der Waals surface area (Å²) in [6, 6.07) is 10.4. The van der Waals surface area contributed by atoms with Crippen LogP contribution in [0.4, 0.5) is 0 Å². The molecule has 2 aliphatic rings. The summed E-state index contributed by atoms with van der Waals surface area (Å²) < 4.78 is 33.7. The number of benzene rings is 2. The molecule has 2 aliphatic heterocycles. The summed E-state index contributed by atoms with van der Waals surface area (Å²) in [7, 11) is 1.53. The van der Waals surface area contributed by atoms with Gasteiger partial charge in [-0.25, -0.2) is 0 Å². The molecule has 0 aliphatic carbocycles. The van der Waals surface area contributed by atoms with Crippen molar-refractivity contribution < 1.29 is 48.2 Å². The Morgan fingerprint density at radius 2 is 1.49 bits per heavy atom. The normalized spacial score (nSPS) is 19.3. The first-order valence-electron chi connectivity index (χ1n) is 15.4. The molecule has 0 radical (unpaired) electrons. The van der Waals surface area contributed by atoms with E-state index in [9.17, 15) is 19.8 Å². The van der Waals surface area contributed by atoms with Crippen LogP contribution in [0.1, 0.15) is 68.6 Å². The van der Waals surface area contributed by atoms with Crippen molar-refractivity contribution in [3.63, 3.8) is 0 Å². The van der Waals surface area contributed by atoms with Gasteiger partial charge >= 0.3 is 5.97 Å². The molecule has 10 nitrogen and oxygen atoms in total. The van der Waals surface area contributed by atoms with Crippen molar-refractivity contribution in [3.8, 4) is 17.2 Å². The SMILES string of the molecule is CCOC(=O)C/C(C(=O)/C=C/c1ccc(OC2CCCCO2)c(OC)c1)=C(O)\C=C\c1ccc(OC2CCCCO2)c(CO)c1. The molecule has 0 bridgehead atoms. The van der Waals surface area contributed by atoms with E-state index in [1.54, 1.807) is 55.5 Å². The molecule has 2 unspecified atom stereocenters. The lowest BCUT2D eigenvalue weighted by Crippen LogP contribution is -2.25. The summed E-state index contributed by atoms with van der Waals surface area (Å²) in [5, 5.41) is 20.8. The van der Waals surface area contributed by atoms with Gasteiger partial charge in [0.05, 0.1) is 45.5 Å². The zero-order valence-corrected chi connectivity index (χ0v) is 25.9. The van der Waals surface area contributed by atoms with Gasteiger partial charge in [0.1, 0.15) is 11.5 Å². The maximum atomic E-state index is 13.2. The Morgan fingerprint density at radius 1 is 0.867 bits per heavy atom. The number of esters is 1. The van der Waals surface area contributed by atoms with E-state index in [0.29, 0.717) is 47.2 Å². The van der Waals surface area contributed by atoms with Crippen LogP contribution >= 0.6 is 0 Å². The van der Waals surface area contributed by atoms with E-state index < -0.39 is 18.2 Å². The molecule has 0 spiro atoms. The van der Waals surface area contributed by atoms with Crippen molar-refractivity contribution in [2.24, 2.45) is 0 Å². The zero-order chi connectivity index (χ0) is 32.0. The number of ketones is 1. The van der Waals surface area contributed by atoms with E-state index in [4.69, 9.17) is 28.4 Å². The summed E-state index contributed by atoms with van der Waals surface area (Å²) in [6.45, 7) is 2.84. The standard InChI is InChI=1S/C35H42O10/c1-3-41-33(39)22-27(28(37)14-10-24-12-16-30(26(20-24)23-36)44-34-8-4-6-18-42-34)29(38)15-11-25-13-17-31(32(21-25)40-2)45-35-9-5-7-19-43-35/h10-17,20-21,34-37H,3-9,18-19,22-23H2,1-2H3/b14-10+,15-11+,28-27-. The van der Waals surface area contributed by atoms with Gasteiger partial charge in [0, 0.05) is 18.4 Å². The van der Waals surface area contributed by atoms with E-state index in [2.05, 4.69) is 0 Å². The third kappa shape index (κ3) is 10.2. The highest BCUT2D eigenvalue weighted by Gasteiger charge is 2.20. The molecule has 2 heterocycles. The Bertz CT molecular complexity index is 1380. The van der Waals surface area contributed by atoms with Gasteiger partial charge in [-0.15, -0.1) is 0 Å². The van der Waals surface area contributed by atoms with E-state index in [0.717, 1.165) is 38.5 Å². The van der Waals surface area contributed by atoms with Crippen molar-refractivity contribution >= 4 is 23.9 Å². The van der Waals surface area contributed by atoms with Crippen molar-refractivity contribution in [1.29, 1.82) is 0 Å². The first-order chi connectivity index (χ1) is 21.9. The topological polar surface area (TPSA) is 130 Å². The van der Waals surface area contributed by atoms with Crippen LogP contribution < -0.4 is 14.2 Å². The quantitative estimate of drug-likeness (QED) is 0.111. The summed E-state index contributed by atoms with van der Waals surface area (Å²) in [4.78, 5) is 25.6. The molecule has 242 valence electrons. The van der Waals surface area contributed by atoms with Crippen LogP contribution in [0.5, 0.6) is 17.2 Å². The molecule has 2 fully saturated rings. The summed E-state index contributed by atoms with van der Waals surface area (Å²) >= 11 is 0. The molecule has 0 amide bonds. The number of aliphatic hydroxyl groups is 2. The van der Waals surface area contributed by atoms with Crippen LogP contribution in [0.3, 0.4) is 0 Å². The number of ether oxygens (including phenoxy) is 6. The second kappa shape index (κ2) is 17.4. The van der Waals surface area contributed by atoms with Gasteiger partial charge in [-0.2, -0.15) is 0 Å². The molecule has 2 aromatic rings. The second-order valence-electron chi connectivity index (χ2n) is 10.6. The molecular weight excluding hydrogens is 580 g/mol. The van der Waals surface area contributed by atoms with Crippen molar-refractivity contribution in [2.45, 2.75) is 71.1 Å². The predicted molar refractivity (Wildman–Crippen MR) is 168 cm³/mol. The van der Waals surface area contributed by atoms with Crippen LogP contribution in [0.25, 0.3) is 12.2 Å². The largest absolute Gasteiger partial charge is 0.508 e. The monoisotopic (exact) mass is 622 g/mol. The van der Waals surface area contributed by atoms with Gasteiger partial charge in [0.2, 0.25) is 0 Å². The highest BCUT2D eigenvalue weighted by Crippen LogP contribution is 2.31. The predicted octanol–water partition coefficient (Wildman–Crippen LogP) is 6.06. The first kappa shape index (κ1) is 33.8. The average molecular weight is 623 g/mol. The number of carbonyl (C=O) groups excluding carboxylic acids is 2. The molecule has 45 heavy (non-hydrogen) atoms. The third-order valence-corrected chi connectivity index (χ3v) is 7.33. The summed E-state index contributed by atoms with van der Waals surface area (Å²) in [5.74, 6) is -0.0542. The number of aliphatic hydroxyl groups excluding tert-OH is 2. The van der Waals surface area contributed by atoms with Crippen molar-refractivity contribution in [2.75, 3.05) is 26.9 Å². The van der Waals surface area contributed by atoms with Gasteiger partial charge in [0.15, 0.2) is 29.9 Å². The van der Waals surface area contributed by atoms with Crippen molar-refractivity contribution in [1.82, 2.24) is 0 Å². The van der Waals surface area contributed by atoms with Gasteiger partial charge < -0.3 is 38.6 Å². The van der Waals surface area contributed by atoms with Gasteiger partial charge in [-0.1, -0.05) is 24.3 Å². The van der Waals surface area contributed by atoms with E-state index >= 15 is 0 Å². The van der Waals surface area contributed by atoms with E-state index in [1.165, 1.54) is 19.3 Å². The number of rotatable bonds is 14. The Labute approximate surface area is 263 Å². The fraction of sp³-hybridized carbons (Fsp3) is 0.429. The minimum absolute atomic E-state index is 0.126. The third-order valence-electron chi connectivity index (χ3n) is 7.33. The zero-order valence-electron chi connectivity index (χ0n) is 25.9. The molecule has 4 rings (SSSR count). The highest BCUT2D eigenvalue weighted by atomic mass is 16.7. The Morgan fingerprint density at radius 3 is 2.09 bits per heavy atom. The van der Waals surface area contributed by atoms with Crippen LogP contribution in [-0.2, 0) is 30.4 Å². The van der Waals surface area contributed by atoms with E-state index in [-0.39, 0.29) is 37.1 Å². The highest BCUT2D eigenvalue weighted by molar-refractivity contribution is 6.09. The van der Waals surface area contributed by atoms with Gasteiger partial charge in [-0.3, -0.25) is 9.59 Å². The average Bonchev–Trinajstić information content (AvgIpc) is 3.07. The second-order valence-corrected chi connectivity index (χ2v) is 10.6. The Balaban J connectivity index is 1.50. The number of hydrogen-bond donors (Lipinski definition) is 2. The minimum atomic E-state index is -0.642. The maximum absolute atomic E-state index is 13.2. The first-order valence-corrected chi connectivity index (χ1v) is 15.4. The molecule has 2 aromatic carbocycles. The smallest absolute Gasteiger partial charge is 0.310 e. The van der Waals surface area contributed by atoms with Crippen LogP contribution in [-0.4, -0.2) is 61.5 Å². The summed E-state index contributed by atoms with van der Waals surface area (Å²) in [5.41, 5.74) is 1.73. The van der Waals surface area contributed by atoms with E-state index in [1.807, 2.05) is 0 Å². The van der Waals surface area contributed by atoms with Crippen LogP contribution in [0, 0.1) is 0 Å². The summed E-state index contributed by atoms with van der Waals surface area (Å²) in [6.07, 6.45) is 10.3.